The molecule has 4 heterocycles. The first kappa shape index (κ1) is 19.3. The lowest BCUT2D eigenvalue weighted by Crippen LogP contribution is -2.15. The number of benzene rings is 1. The van der Waals surface area contributed by atoms with Crippen LogP contribution in [-0.2, 0) is 9.53 Å². The topological polar surface area (TPSA) is 97.2 Å². The highest BCUT2D eigenvalue weighted by atomic mass is 19.1. The van der Waals surface area contributed by atoms with Crippen LogP contribution < -0.4 is 5.32 Å². The predicted molar refractivity (Wildman–Crippen MR) is 113 cm³/mol. The van der Waals surface area contributed by atoms with Crippen molar-refractivity contribution in [2.45, 2.75) is 31.9 Å². The quantitative estimate of drug-likeness (QED) is 0.508. The molecule has 0 radical (unpaired) electrons. The number of nitrogens with zero attached hydrogens (tertiary/aromatic N) is 4. The summed E-state index contributed by atoms with van der Waals surface area (Å²) in [4.78, 5) is 20.8. The van der Waals surface area contributed by atoms with E-state index in [2.05, 4.69) is 25.5 Å². The number of ether oxygens (including phenoxy) is 1. The number of carbonyl (C=O) groups is 1. The molecular weight excluding hydrogens is 418 g/mol. The number of alkyl halides is 1. The number of hydrogen-bond donors (Lipinski definition) is 2. The Labute approximate surface area is 181 Å². The number of nitrogens with one attached hydrogen (secondary N) is 2. The van der Waals surface area contributed by atoms with E-state index in [1.54, 1.807) is 36.1 Å². The summed E-state index contributed by atoms with van der Waals surface area (Å²) in [6.45, 7) is 2.84. The van der Waals surface area contributed by atoms with Crippen LogP contribution in [0.5, 0.6) is 0 Å². The number of carbonyl (C=O) groups excluding carboxylic acids is 1. The van der Waals surface area contributed by atoms with E-state index in [-0.39, 0.29) is 24.1 Å². The Balaban J connectivity index is 1.42. The molecule has 4 aromatic rings. The second kappa shape index (κ2) is 7.06. The molecule has 1 saturated heterocycles. The van der Waals surface area contributed by atoms with Gasteiger partial charge in [0.05, 0.1) is 42.3 Å². The average Bonchev–Trinajstić information content (AvgIpc) is 3.21. The van der Waals surface area contributed by atoms with Gasteiger partial charge < -0.3 is 14.5 Å². The minimum atomic E-state index is -1.07. The summed E-state index contributed by atoms with van der Waals surface area (Å²) in [6, 6.07) is 0. The monoisotopic (exact) mass is 438 g/mol. The molecule has 1 amide bonds. The molecule has 32 heavy (non-hydrogen) atoms. The highest BCUT2D eigenvalue weighted by Crippen LogP contribution is 2.40. The van der Waals surface area contributed by atoms with E-state index in [1.165, 1.54) is 0 Å². The number of aromatic amines is 1. The molecule has 8 nitrogen and oxygen atoms in total. The molecule has 1 aliphatic carbocycles. The molecule has 0 bridgehead atoms. The minimum Gasteiger partial charge on any atom is -0.381 e. The average molecular weight is 438 g/mol. The fraction of sp³-hybridized carbons (Fsp3) is 0.364. The number of imidazole rings is 1. The molecule has 1 saturated carbocycles. The fourth-order valence-corrected chi connectivity index (χ4v) is 4.52. The van der Waals surface area contributed by atoms with Crippen LogP contribution >= 0.6 is 0 Å². The third-order valence-electron chi connectivity index (χ3n) is 6.35. The molecule has 3 aromatic heterocycles. The number of H-pyrrole nitrogens is 1. The summed E-state index contributed by atoms with van der Waals surface area (Å²) in [5, 5.41) is 10.6. The van der Waals surface area contributed by atoms with Crippen LogP contribution in [0.1, 0.15) is 29.9 Å². The molecule has 10 heteroatoms. The molecule has 2 fully saturated rings. The Bertz CT molecular complexity index is 1370. The second-order valence-electron chi connectivity index (χ2n) is 8.46. The Morgan fingerprint density at radius 2 is 2.19 bits per heavy atom. The van der Waals surface area contributed by atoms with Crippen LogP contribution in [0.4, 0.5) is 14.6 Å². The van der Waals surface area contributed by atoms with Gasteiger partial charge in [0.2, 0.25) is 5.91 Å². The molecule has 1 aromatic carbocycles. The van der Waals surface area contributed by atoms with E-state index < -0.39 is 12.1 Å². The van der Waals surface area contributed by atoms with Crippen LogP contribution in [0.2, 0.25) is 0 Å². The molecule has 164 valence electrons. The van der Waals surface area contributed by atoms with Gasteiger partial charge in [0.15, 0.2) is 11.5 Å². The van der Waals surface area contributed by atoms with Gasteiger partial charge >= 0.3 is 0 Å². The summed E-state index contributed by atoms with van der Waals surface area (Å²) in [6.07, 6.45) is 6.55. The van der Waals surface area contributed by atoms with Crippen LogP contribution in [0.3, 0.4) is 0 Å². The maximum Gasteiger partial charge on any atom is 0.231 e. The van der Waals surface area contributed by atoms with Gasteiger partial charge in [-0.15, -0.1) is 0 Å². The third-order valence-corrected chi connectivity index (χ3v) is 6.35. The summed E-state index contributed by atoms with van der Waals surface area (Å²) in [5.41, 5.74) is 3.46. The molecule has 1 unspecified atom stereocenters. The van der Waals surface area contributed by atoms with E-state index in [0.29, 0.717) is 52.6 Å². The van der Waals surface area contributed by atoms with E-state index >= 15 is 4.39 Å². The smallest absolute Gasteiger partial charge is 0.231 e. The molecule has 1 aliphatic heterocycles. The van der Waals surface area contributed by atoms with Crippen molar-refractivity contribution in [1.82, 2.24) is 24.6 Å². The highest BCUT2D eigenvalue weighted by molar-refractivity contribution is 5.97. The lowest BCUT2D eigenvalue weighted by molar-refractivity contribution is -0.117. The van der Waals surface area contributed by atoms with Crippen molar-refractivity contribution in [2.75, 3.05) is 18.5 Å². The SMILES string of the molecule is Cc1c(F)c(C2CCOC2)c2[nH]ncc2c1-c1cn2cc(NC(=O)[C@@H]3C[C@@H]3F)nc2cn1. The number of fused-ring (bicyclic) bond motifs is 2. The first-order valence-corrected chi connectivity index (χ1v) is 10.5. The molecule has 3 atom stereocenters. The first-order chi connectivity index (χ1) is 15.5. The van der Waals surface area contributed by atoms with Crippen LogP contribution in [0.15, 0.2) is 24.8 Å². The van der Waals surface area contributed by atoms with Gasteiger partial charge in [-0.05, 0) is 25.3 Å². The highest BCUT2D eigenvalue weighted by Gasteiger charge is 2.43. The molecule has 2 aliphatic rings. The van der Waals surface area contributed by atoms with E-state index in [1.807, 2.05) is 0 Å². The summed E-state index contributed by atoms with van der Waals surface area (Å²) < 4.78 is 35.9. The van der Waals surface area contributed by atoms with Crippen molar-refractivity contribution in [3.63, 3.8) is 0 Å². The lowest BCUT2D eigenvalue weighted by Gasteiger charge is -2.16. The van der Waals surface area contributed by atoms with Crippen molar-refractivity contribution in [1.29, 1.82) is 0 Å². The molecule has 0 spiro atoms. The normalized spacial score (nSPS) is 22.7. The van der Waals surface area contributed by atoms with Crippen LogP contribution in [0, 0.1) is 18.7 Å². The lowest BCUT2D eigenvalue weighted by atomic mass is 9.90. The van der Waals surface area contributed by atoms with E-state index in [4.69, 9.17) is 4.74 Å². The first-order valence-electron chi connectivity index (χ1n) is 10.5. The van der Waals surface area contributed by atoms with Gasteiger partial charge in [0.25, 0.3) is 0 Å². The Kier molecular flexibility index (Phi) is 4.26. The zero-order chi connectivity index (χ0) is 22.0. The van der Waals surface area contributed by atoms with Crippen LogP contribution in [0.25, 0.3) is 27.8 Å². The maximum absolute atomic E-state index is 15.6. The summed E-state index contributed by atoms with van der Waals surface area (Å²) in [7, 11) is 0. The number of anilines is 1. The molecule has 6 rings (SSSR count). The number of amides is 1. The van der Waals surface area contributed by atoms with E-state index in [9.17, 15) is 9.18 Å². The van der Waals surface area contributed by atoms with E-state index in [0.717, 1.165) is 11.8 Å². The number of halogens is 2. The number of aromatic nitrogens is 5. The van der Waals surface area contributed by atoms with Crippen molar-refractivity contribution in [3.05, 3.63) is 41.7 Å². The van der Waals surface area contributed by atoms with Gasteiger partial charge in [0, 0.05) is 35.2 Å². The van der Waals surface area contributed by atoms with Gasteiger partial charge in [-0.25, -0.2) is 13.8 Å². The third kappa shape index (κ3) is 2.97. The van der Waals surface area contributed by atoms with Crippen LogP contribution in [-0.4, -0.2) is 49.9 Å². The Hall–Kier alpha value is -3.40. The number of hydrogen-bond acceptors (Lipinski definition) is 5. The largest absolute Gasteiger partial charge is 0.381 e. The summed E-state index contributed by atoms with van der Waals surface area (Å²) >= 11 is 0. The van der Waals surface area contributed by atoms with Gasteiger partial charge in [-0.2, -0.15) is 5.10 Å². The Morgan fingerprint density at radius 1 is 1.34 bits per heavy atom. The Morgan fingerprint density at radius 3 is 2.94 bits per heavy atom. The van der Waals surface area contributed by atoms with Gasteiger partial charge in [0.1, 0.15) is 12.0 Å². The number of rotatable bonds is 4. The summed E-state index contributed by atoms with van der Waals surface area (Å²) in [5.74, 6) is -0.953. The van der Waals surface area contributed by atoms with Crippen molar-refractivity contribution >= 4 is 28.3 Å². The zero-order valence-electron chi connectivity index (χ0n) is 17.2. The van der Waals surface area contributed by atoms with Crippen molar-refractivity contribution in [3.8, 4) is 11.3 Å². The second-order valence-corrected chi connectivity index (χ2v) is 8.46. The van der Waals surface area contributed by atoms with Gasteiger partial charge in [-0.3, -0.25) is 14.9 Å². The van der Waals surface area contributed by atoms with Crippen molar-refractivity contribution in [2.24, 2.45) is 5.92 Å². The zero-order valence-corrected chi connectivity index (χ0v) is 17.2. The maximum atomic E-state index is 15.6. The van der Waals surface area contributed by atoms with Crippen molar-refractivity contribution < 1.29 is 18.3 Å². The predicted octanol–water partition coefficient (Wildman–Crippen LogP) is 3.52. The van der Waals surface area contributed by atoms with Gasteiger partial charge in [-0.1, -0.05) is 0 Å². The molecular formula is C22H20F2N6O2. The standard InChI is InChI=1S/C22H20F2N6O2/c1-10-18(13-5-26-29-21(13)19(20(10)24)11-2-3-32-9-11)15-7-30-8-16(27-17(30)6-25-15)28-22(31)12-4-14(12)23/h5-8,11-12,14H,2-4,9H2,1H3,(H,26,29)(H,28,31)/t11?,12-,14+/m1/s1. The fourth-order valence-electron chi connectivity index (χ4n) is 4.52. The minimum absolute atomic E-state index is 0.0173. The molecule has 2 N–H and O–H groups in total.